The van der Waals surface area contributed by atoms with Gasteiger partial charge in [-0.25, -0.2) is 4.79 Å². The van der Waals surface area contributed by atoms with Crippen LogP contribution in [-0.4, -0.2) is 30.3 Å². The van der Waals surface area contributed by atoms with Gasteiger partial charge in [-0.3, -0.25) is 4.55 Å². The van der Waals surface area contributed by atoms with E-state index in [-0.39, 0.29) is 17.3 Å². The largest absolute Gasteiger partial charge is 0.456 e. The summed E-state index contributed by atoms with van der Waals surface area (Å²) in [5.41, 5.74) is -0.0972. The van der Waals surface area contributed by atoms with E-state index in [4.69, 9.17) is 9.29 Å². The summed E-state index contributed by atoms with van der Waals surface area (Å²) in [5, 5.41) is 0. The minimum Gasteiger partial charge on any atom is -0.456 e. The Morgan fingerprint density at radius 3 is 1.86 bits per heavy atom. The second-order valence-corrected chi connectivity index (χ2v) is 8.26. The van der Waals surface area contributed by atoms with Crippen molar-refractivity contribution >= 4 is 16.1 Å². The van der Waals surface area contributed by atoms with E-state index in [0.29, 0.717) is 0 Å². The van der Waals surface area contributed by atoms with E-state index in [9.17, 15) is 13.2 Å². The summed E-state index contributed by atoms with van der Waals surface area (Å²) in [5.74, 6) is 1.89. The van der Waals surface area contributed by atoms with Crippen molar-refractivity contribution in [3.05, 3.63) is 25.3 Å². The molecule has 0 spiro atoms. The topological polar surface area (TPSA) is 80.7 Å². The average Bonchev–Trinajstić information content (AvgIpc) is 2.35. The number of ether oxygens (including phenoxy) is 1. The molecule has 124 valence electrons. The third kappa shape index (κ3) is 4.43. The highest BCUT2D eigenvalue weighted by Gasteiger charge is 2.52. The number of carbonyl (C=O) groups is 1. The molecule has 0 unspecified atom stereocenters. The number of esters is 1. The monoisotopic (exact) mass is 328 g/mol. The van der Waals surface area contributed by atoms with Gasteiger partial charge in [-0.2, -0.15) is 8.42 Å². The lowest BCUT2D eigenvalue weighted by Gasteiger charge is -2.55. The van der Waals surface area contributed by atoms with Crippen molar-refractivity contribution in [2.24, 2.45) is 17.8 Å². The predicted octanol–water partition coefficient (Wildman–Crippen LogP) is 2.74. The molecule has 4 rings (SSSR count). The van der Waals surface area contributed by atoms with E-state index in [1.54, 1.807) is 0 Å². The molecule has 0 atom stereocenters. The molecule has 0 amide bonds. The van der Waals surface area contributed by atoms with Gasteiger partial charge in [0.05, 0.1) is 5.75 Å². The Balaban J connectivity index is 0.000000217. The molecule has 0 aliphatic heterocycles. The smallest absolute Gasteiger partial charge is 0.330 e. The molecule has 5 nitrogen and oxygen atoms in total. The molecule has 6 heteroatoms. The lowest BCUT2D eigenvalue weighted by Crippen LogP contribution is -2.52. The summed E-state index contributed by atoms with van der Waals surface area (Å²) in [6, 6.07) is 0. The van der Waals surface area contributed by atoms with Crippen LogP contribution in [0.4, 0.5) is 0 Å². The molecule has 4 aliphatic carbocycles. The number of rotatable bonds is 4. The number of hydrogen-bond donors (Lipinski definition) is 1. The average molecular weight is 328 g/mol. The molecule has 0 heterocycles. The first-order valence-electron chi connectivity index (χ1n) is 7.67. The summed E-state index contributed by atoms with van der Waals surface area (Å²) in [4.78, 5) is 11.4. The zero-order valence-electron chi connectivity index (χ0n) is 12.7. The normalized spacial score (nSPS) is 35.2. The zero-order chi connectivity index (χ0) is 16.4. The van der Waals surface area contributed by atoms with Crippen LogP contribution in [0.2, 0.25) is 0 Å². The molecule has 0 aromatic rings. The molecule has 4 aliphatic rings. The van der Waals surface area contributed by atoms with Gasteiger partial charge in [0.2, 0.25) is 0 Å². The summed E-state index contributed by atoms with van der Waals surface area (Å²) in [7, 11) is -3.79. The Kier molecular flexibility index (Phi) is 5.12. The SMILES string of the molecule is C=CC(=O)OC12CC3CC(CC(C3)C1)C2.C=CCS(=O)(=O)O. The van der Waals surface area contributed by atoms with E-state index in [1.807, 2.05) is 0 Å². The van der Waals surface area contributed by atoms with Gasteiger partial charge in [0.25, 0.3) is 10.1 Å². The van der Waals surface area contributed by atoms with Gasteiger partial charge in [0.15, 0.2) is 0 Å². The van der Waals surface area contributed by atoms with Crippen LogP contribution in [0.5, 0.6) is 0 Å². The minimum atomic E-state index is -3.79. The Bertz CT molecular complexity index is 514. The van der Waals surface area contributed by atoms with Crippen molar-refractivity contribution in [3.8, 4) is 0 Å². The van der Waals surface area contributed by atoms with Crippen molar-refractivity contribution in [1.82, 2.24) is 0 Å². The fourth-order valence-electron chi connectivity index (χ4n) is 4.56. The second-order valence-electron chi connectivity index (χ2n) is 6.76. The Hall–Kier alpha value is -1.14. The molecule has 22 heavy (non-hydrogen) atoms. The minimum absolute atomic E-state index is 0.0972. The zero-order valence-corrected chi connectivity index (χ0v) is 13.6. The standard InChI is InChI=1S/C13H18O2.C3H6O3S/c1-2-12(14)15-13-6-9-3-10(7-13)5-11(4-9)8-13;1-2-3-7(4,5)6/h2,9-11H,1,3-8H2;2H,1,3H2,(H,4,5,6). The van der Waals surface area contributed by atoms with E-state index < -0.39 is 10.1 Å². The van der Waals surface area contributed by atoms with Crippen LogP contribution >= 0.6 is 0 Å². The molecule has 0 aromatic heterocycles. The lowest BCUT2D eigenvalue weighted by molar-refractivity contribution is -0.181. The van der Waals surface area contributed by atoms with E-state index >= 15 is 0 Å². The van der Waals surface area contributed by atoms with Crippen LogP contribution in [0.3, 0.4) is 0 Å². The Morgan fingerprint density at radius 1 is 1.14 bits per heavy atom. The Labute approximate surface area is 132 Å². The quantitative estimate of drug-likeness (QED) is 0.371. The van der Waals surface area contributed by atoms with Crippen LogP contribution in [0.15, 0.2) is 25.3 Å². The van der Waals surface area contributed by atoms with Crippen LogP contribution in [0.25, 0.3) is 0 Å². The summed E-state index contributed by atoms with van der Waals surface area (Å²) < 4.78 is 33.0. The number of hydrogen-bond acceptors (Lipinski definition) is 4. The van der Waals surface area contributed by atoms with Gasteiger partial charge < -0.3 is 4.74 Å². The molecule has 0 aromatic carbocycles. The molecule has 1 N–H and O–H groups in total. The van der Waals surface area contributed by atoms with Crippen LogP contribution in [-0.2, 0) is 19.6 Å². The summed E-state index contributed by atoms with van der Waals surface area (Å²) >= 11 is 0. The van der Waals surface area contributed by atoms with Gasteiger partial charge in [-0.1, -0.05) is 12.7 Å². The summed E-state index contributed by atoms with van der Waals surface area (Å²) in [6.07, 6.45) is 9.89. The molecular formula is C16H24O5S. The van der Waals surface area contributed by atoms with E-state index in [1.165, 1.54) is 25.3 Å². The first-order valence-corrected chi connectivity index (χ1v) is 9.27. The van der Waals surface area contributed by atoms with Crippen LogP contribution < -0.4 is 0 Å². The van der Waals surface area contributed by atoms with E-state index in [2.05, 4.69) is 13.2 Å². The second kappa shape index (κ2) is 6.54. The Morgan fingerprint density at radius 2 is 1.59 bits per heavy atom. The predicted molar refractivity (Wildman–Crippen MR) is 83.8 cm³/mol. The molecule has 0 radical (unpaired) electrons. The van der Waals surface area contributed by atoms with Crippen molar-refractivity contribution in [1.29, 1.82) is 0 Å². The maximum Gasteiger partial charge on any atom is 0.330 e. The molecule has 4 bridgehead atoms. The van der Waals surface area contributed by atoms with Gasteiger partial charge in [0, 0.05) is 6.08 Å². The fraction of sp³-hybridized carbons (Fsp3) is 0.688. The first-order chi connectivity index (χ1) is 10.3. The summed E-state index contributed by atoms with van der Waals surface area (Å²) in [6.45, 7) is 6.59. The third-order valence-corrected chi connectivity index (χ3v) is 5.45. The van der Waals surface area contributed by atoms with Crippen molar-refractivity contribution in [3.63, 3.8) is 0 Å². The van der Waals surface area contributed by atoms with Crippen molar-refractivity contribution in [2.45, 2.75) is 44.1 Å². The fourth-order valence-corrected chi connectivity index (χ4v) is 4.86. The van der Waals surface area contributed by atoms with Gasteiger partial charge >= 0.3 is 5.97 Å². The van der Waals surface area contributed by atoms with Gasteiger partial charge in [-0.05, 0) is 56.3 Å². The van der Waals surface area contributed by atoms with Crippen LogP contribution in [0.1, 0.15) is 38.5 Å². The maximum atomic E-state index is 11.4. The molecular weight excluding hydrogens is 304 g/mol. The van der Waals surface area contributed by atoms with Gasteiger partial charge in [-0.15, -0.1) is 6.58 Å². The maximum absolute atomic E-state index is 11.4. The molecule has 0 saturated heterocycles. The van der Waals surface area contributed by atoms with Crippen molar-refractivity contribution in [2.75, 3.05) is 5.75 Å². The highest BCUT2D eigenvalue weighted by Crippen LogP contribution is 2.57. The van der Waals surface area contributed by atoms with Gasteiger partial charge in [0.1, 0.15) is 5.60 Å². The lowest BCUT2D eigenvalue weighted by atomic mass is 9.54. The number of carbonyl (C=O) groups excluding carboxylic acids is 1. The molecule has 4 fully saturated rings. The highest BCUT2D eigenvalue weighted by molar-refractivity contribution is 7.85. The highest BCUT2D eigenvalue weighted by atomic mass is 32.2. The van der Waals surface area contributed by atoms with E-state index in [0.717, 1.165) is 43.1 Å². The van der Waals surface area contributed by atoms with Crippen molar-refractivity contribution < 1.29 is 22.5 Å². The molecule has 4 saturated carbocycles. The third-order valence-electron chi connectivity index (χ3n) is 4.79. The van der Waals surface area contributed by atoms with Crippen LogP contribution in [0, 0.1) is 17.8 Å². The first kappa shape index (κ1) is 17.2.